The third-order valence-electron chi connectivity index (χ3n) is 12.5. The lowest BCUT2D eigenvalue weighted by molar-refractivity contribution is 0.568. The van der Waals surface area contributed by atoms with Gasteiger partial charge in [-0.25, -0.2) is 0 Å². The average molecular weight is 857 g/mol. The van der Waals surface area contributed by atoms with Crippen molar-refractivity contribution < 1.29 is 0 Å². The number of benzene rings is 6. The normalized spacial score (nSPS) is 13.3. The first-order valence-corrected chi connectivity index (χ1v) is 24.4. The van der Waals surface area contributed by atoms with Crippen molar-refractivity contribution in [2.45, 2.75) is 157 Å². The Kier molecular flexibility index (Phi) is 11.6. The van der Waals surface area contributed by atoms with Gasteiger partial charge in [-0.2, -0.15) is 0 Å². The second-order valence-electron chi connectivity index (χ2n) is 24.0. The Bertz CT molecular complexity index is 2860. The molecule has 62 heavy (non-hydrogen) atoms. The highest BCUT2D eigenvalue weighted by molar-refractivity contribution is 7.26. The summed E-state index contributed by atoms with van der Waals surface area (Å²) >= 11 is 3.85. The molecule has 0 aliphatic carbocycles. The Balaban J connectivity index is 0.000000186. The summed E-state index contributed by atoms with van der Waals surface area (Å²) in [5, 5.41) is 5.58. The standard InChI is InChI=1S/2C30H36S/c1-28(2,3)20-16-19(17-21(18-20)29(4,5)6)22-14-15-24-23-12-10-11-13-25(23)31-27(24)26(22)30(7,8)9;1-28(2,3)20-16-19(17-21(18-20)29(4,5)6)22-14-15-25-26(27(22)30(7,8)9)23-12-10-11-13-24(23)31-25/h2*10-18H,1-9H3. The Morgan fingerprint density at radius 2 is 0.694 bits per heavy atom. The maximum Gasteiger partial charge on any atom is 0.0398 e. The van der Waals surface area contributed by atoms with Crippen LogP contribution in [0.25, 0.3) is 62.6 Å². The zero-order chi connectivity index (χ0) is 45.5. The summed E-state index contributed by atoms with van der Waals surface area (Å²) in [5.41, 5.74) is 14.5. The second kappa shape index (κ2) is 15.8. The minimum atomic E-state index is 0.0400. The molecule has 0 radical (unpaired) electrons. The lowest BCUT2D eigenvalue weighted by atomic mass is 9.75. The molecule has 8 aromatic rings. The van der Waals surface area contributed by atoms with Gasteiger partial charge in [0.05, 0.1) is 0 Å². The van der Waals surface area contributed by atoms with Gasteiger partial charge in [0.25, 0.3) is 0 Å². The molecule has 0 fully saturated rings. The summed E-state index contributed by atoms with van der Waals surface area (Å²) in [6.45, 7) is 42.0. The molecular weight excluding hydrogens is 785 g/mol. The molecule has 2 heterocycles. The molecule has 0 aliphatic rings. The van der Waals surface area contributed by atoms with E-state index < -0.39 is 0 Å². The van der Waals surface area contributed by atoms with E-state index >= 15 is 0 Å². The molecular formula is C60H72S2. The van der Waals surface area contributed by atoms with Crippen molar-refractivity contribution in [1.82, 2.24) is 0 Å². The van der Waals surface area contributed by atoms with E-state index in [9.17, 15) is 0 Å². The molecule has 0 N–H and O–H groups in total. The van der Waals surface area contributed by atoms with Crippen LogP contribution in [-0.4, -0.2) is 0 Å². The zero-order valence-corrected chi connectivity index (χ0v) is 42.8. The minimum absolute atomic E-state index is 0.0400. The Hall–Kier alpha value is -4.24. The fraction of sp³-hybridized carbons (Fsp3) is 0.400. The summed E-state index contributed by atoms with van der Waals surface area (Å²) in [6, 6.07) is 41.7. The molecule has 6 aromatic carbocycles. The summed E-state index contributed by atoms with van der Waals surface area (Å²) in [7, 11) is 0. The molecule has 0 atom stereocenters. The topological polar surface area (TPSA) is 0 Å². The summed E-state index contributed by atoms with van der Waals surface area (Å²) < 4.78 is 5.57. The van der Waals surface area contributed by atoms with E-state index in [1.165, 1.54) is 96.0 Å². The summed E-state index contributed by atoms with van der Waals surface area (Å²) in [5.74, 6) is 0. The monoisotopic (exact) mass is 857 g/mol. The largest absolute Gasteiger partial charge is 0.135 e. The maximum absolute atomic E-state index is 2.43. The summed E-state index contributed by atoms with van der Waals surface area (Å²) in [4.78, 5) is 0. The highest BCUT2D eigenvalue weighted by atomic mass is 32.1. The SMILES string of the molecule is CC(C)(C)c1cc(-c2ccc3c(sc4ccccc43)c2C(C)(C)C)cc(C(C)(C)C)c1.CC(C)(C)c1cc(-c2ccc3sc4ccccc4c3c2C(C)(C)C)cc(C(C)(C)C)c1. The van der Waals surface area contributed by atoms with E-state index in [1.807, 2.05) is 22.7 Å². The van der Waals surface area contributed by atoms with Gasteiger partial charge in [0, 0.05) is 40.3 Å². The average Bonchev–Trinajstić information content (AvgIpc) is 3.73. The molecule has 2 heteroatoms. The first-order chi connectivity index (χ1) is 28.5. The molecule has 0 unspecified atom stereocenters. The molecule has 0 bridgehead atoms. The molecule has 324 valence electrons. The third kappa shape index (κ3) is 9.07. The van der Waals surface area contributed by atoms with Gasteiger partial charge in [0.2, 0.25) is 0 Å². The van der Waals surface area contributed by atoms with Gasteiger partial charge in [-0.15, -0.1) is 22.7 Å². The molecule has 0 amide bonds. The highest BCUT2D eigenvalue weighted by Crippen LogP contribution is 2.48. The molecule has 0 saturated carbocycles. The van der Waals surface area contributed by atoms with Gasteiger partial charge in [0.15, 0.2) is 0 Å². The van der Waals surface area contributed by atoms with E-state index in [2.05, 4.69) is 234 Å². The van der Waals surface area contributed by atoms with Crippen molar-refractivity contribution >= 4 is 63.0 Å². The maximum atomic E-state index is 2.43. The van der Waals surface area contributed by atoms with Crippen molar-refractivity contribution in [3.8, 4) is 22.3 Å². The van der Waals surface area contributed by atoms with Gasteiger partial charge < -0.3 is 0 Å². The van der Waals surface area contributed by atoms with Crippen LogP contribution >= 0.6 is 22.7 Å². The van der Waals surface area contributed by atoms with Gasteiger partial charge in [-0.3, -0.25) is 0 Å². The van der Waals surface area contributed by atoms with Crippen molar-refractivity contribution in [1.29, 1.82) is 0 Å². The third-order valence-corrected chi connectivity index (χ3v) is 14.9. The van der Waals surface area contributed by atoms with Crippen LogP contribution in [0.1, 0.15) is 158 Å². The molecule has 0 aliphatic heterocycles. The van der Waals surface area contributed by atoms with Gasteiger partial charge in [-0.05, 0) is 106 Å². The Morgan fingerprint density at radius 3 is 1.13 bits per heavy atom. The number of thiophene rings is 2. The molecule has 8 rings (SSSR count). The van der Waals surface area contributed by atoms with Crippen LogP contribution in [-0.2, 0) is 32.5 Å². The van der Waals surface area contributed by atoms with Crippen molar-refractivity contribution in [3.63, 3.8) is 0 Å². The van der Waals surface area contributed by atoms with Crippen LogP contribution in [0.4, 0.5) is 0 Å². The fourth-order valence-corrected chi connectivity index (χ4v) is 11.5. The van der Waals surface area contributed by atoms with E-state index in [0.29, 0.717) is 0 Å². The van der Waals surface area contributed by atoms with Gasteiger partial charge in [0.1, 0.15) is 0 Å². The van der Waals surface area contributed by atoms with Crippen LogP contribution in [0.15, 0.2) is 109 Å². The van der Waals surface area contributed by atoms with Crippen LogP contribution in [0, 0.1) is 0 Å². The summed E-state index contributed by atoms with van der Waals surface area (Å²) in [6.07, 6.45) is 0. The van der Waals surface area contributed by atoms with E-state index in [0.717, 1.165) is 0 Å². The zero-order valence-electron chi connectivity index (χ0n) is 41.2. The molecule has 0 nitrogen and oxygen atoms in total. The molecule has 2 aromatic heterocycles. The van der Waals surface area contributed by atoms with Gasteiger partial charge >= 0.3 is 0 Å². The second-order valence-corrected chi connectivity index (χ2v) is 26.2. The number of hydrogen-bond donors (Lipinski definition) is 0. The smallest absolute Gasteiger partial charge is 0.0398 e. The minimum Gasteiger partial charge on any atom is -0.135 e. The molecule has 0 spiro atoms. The fourth-order valence-electron chi connectivity index (χ4n) is 8.91. The van der Waals surface area contributed by atoms with E-state index in [-0.39, 0.29) is 32.5 Å². The predicted octanol–water partition coefficient (Wildman–Crippen LogP) is 19.2. The van der Waals surface area contributed by atoms with E-state index in [1.54, 1.807) is 0 Å². The van der Waals surface area contributed by atoms with Crippen molar-refractivity contribution in [2.75, 3.05) is 0 Å². The highest BCUT2D eigenvalue weighted by Gasteiger charge is 2.29. The van der Waals surface area contributed by atoms with E-state index in [4.69, 9.17) is 0 Å². The first kappa shape index (κ1) is 45.8. The van der Waals surface area contributed by atoms with Crippen molar-refractivity contribution in [3.05, 3.63) is 143 Å². The quantitative estimate of drug-likeness (QED) is 0.162. The van der Waals surface area contributed by atoms with Crippen molar-refractivity contribution in [2.24, 2.45) is 0 Å². The van der Waals surface area contributed by atoms with Crippen LogP contribution in [0.5, 0.6) is 0 Å². The van der Waals surface area contributed by atoms with Gasteiger partial charge in [-0.1, -0.05) is 216 Å². The first-order valence-electron chi connectivity index (χ1n) is 22.8. The number of rotatable bonds is 2. The lowest BCUT2D eigenvalue weighted by Crippen LogP contribution is -2.17. The Morgan fingerprint density at radius 1 is 0.306 bits per heavy atom. The Labute approximate surface area is 382 Å². The lowest BCUT2D eigenvalue weighted by Gasteiger charge is -2.29. The van der Waals surface area contributed by atoms with Crippen LogP contribution < -0.4 is 0 Å². The number of fused-ring (bicyclic) bond motifs is 6. The predicted molar refractivity (Wildman–Crippen MR) is 282 cm³/mol. The van der Waals surface area contributed by atoms with Crippen LogP contribution in [0.2, 0.25) is 0 Å². The number of hydrogen-bond acceptors (Lipinski definition) is 2. The molecule has 0 saturated heterocycles. The van der Waals surface area contributed by atoms with Crippen LogP contribution in [0.3, 0.4) is 0 Å².